The zero-order chi connectivity index (χ0) is 22.7. The van der Waals surface area contributed by atoms with Crippen molar-refractivity contribution in [2.24, 2.45) is 5.92 Å². The number of anilines is 2. The molecule has 0 bridgehead atoms. The Bertz CT molecular complexity index is 1040. The number of benzene rings is 1. The number of thiazole rings is 1. The van der Waals surface area contributed by atoms with Gasteiger partial charge in [-0.1, -0.05) is 12.1 Å². The van der Waals surface area contributed by atoms with Gasteiger partial charge in [0.05, 0.1) is 11.4 Å². The number of hydrogen-bond donors (Lipinski definition) is 1. The highest BCUT2D eigenvalue weighted by Gasteiger charge is 2.35. The van der Waals surface area contributed by atoms with Gasteiger partial charge in [0.1, 0.15) is 5.82 Å². The average molecular weight is 457 g/mol. The standard InChI is InChI=1S/C23H25FN4O3S/c1-15(29)28(20-5-3-2-4-19(20)24)23-26-18(14-32-23)8-9-21(30)25-17-10-12-27(13-11-17)22(31)16-6-7-16/h2-5,8-9,14,16-17H,6-7,10-13H2,1H3,(H,25,30)/b9-8+. The molecule has 1 N–H and O–H groups in total. The van der Waals surface area contributed by atoms with Crippen LogP contribution in [0.25, 0.3) is 6.08 Å². The molecule has 2 heterocycles. The zero-order valence-corrected chi connectivity index (χ0v) is 18.6. The molecule has 1 aromatic heterocycles. The lowest BCUT2D eigenvalue weighted by Gasteiger charge is -2.32. The SMILES string of the molecule is CC(=O)N(c1nc(/C=C/C(=O)NC2CCN(C(=O)C3CC3)CC2)cs1)c1ccccc1F. The van der Waals surface area contributed by atoms with Crippen molar-refractivity contribution in [3.63, 3.8) is 0 Å². The summed E-state index contributed by atoms with van der Waals surface area (Å²) in [5.41, 5.74) is 0.640. The molecule has 1 aromatic carbocycles. The lowest BCUT2D eigenvalue weighted by molar-refractivity contribution is -0.133. The van der Waals surface area contributed by atoms with Gasteiger partial charge in [-0.3, -0.25) is 19.3 Å². The summed E-state index contributed by atoms with van der Waals surface area (Å²) < 4.78 is 14.2. The van der Waals surface area contributed by atoms with Crippen molar-refractivity contribution in [2.45, 2.75) is 38.6 Å². The lowest BCUT2D eigenvalue weighted by Crippen LogP contribution is -2.46. The van der Waals surface area contributed by atoms with Crippen LogP contribution in [-0.2, 0) is 14.4 Å². The molecule has 2 aliphatic rings. The molecule has 168 valence electrons. The molecule has 32 heavy (non-hydrogen) atoms. The van der Waals surface area contributed by atoms with E-state index in [0.29, 0.717) is 23.9 Å². The van der Waals surface area contributed by atoms with Crippen molar-refractivity contribution in [3.05, 3.63) is 47.2 Å². The van der Waals surface area contributed by atoms with Crippen molar-refractivity contribution in [2.75, 3.05) is 18.0 Å². The Labute approximate surface area is 189 Å². The first-order valence-electron chi connectivity index (χ1n) is 10.7. The molecular weight excluding hydrogens is 431 g/mol. The molecule has 0 radical (unpaired) electrons. The maximum Gasteiger partial charge on any atom is 0.244 e. The number of hydrogen-bond acceptors (Lipinski definition) is 5. The summed E-state index contributed by atoms with van der Waals surface area (Å²) in [7, 11) is 0. The van der Waals surface area contributed by atoms with Crippen LogP contribution in [0.5, 0.6) is 0 Å². The number of carbonyl (C=O) groups excluding carboxylic acids is 3. The fraction of sp³-hybridized carbons (Fsp3) is 0.391. The molecule has 1 saturated carbocycles. The van der Waals surface area contributed by atoms with Crippen LogP contribution in [0, 0.1) is 11.7 Å². The fourth-order valence-corrected chi connectivity index (χ4v) is 4.59. The van der Waals surface area contributed by atoms with Gasteiger partial charge in [0.15, 0.2) is 5.13 Å². The highest BCUT2D eigenvalue weighted by Crippen LogP contribution is 2.32. The van der Waals surface area contributed by atoms with E-state index < -0.39 is 5.82 Å². The number of amides is 3. The van der Waals surface area contributed by atoms with E-state index in [1.54, 1.807) is 23.6 Å². The number of likely N-dealkylation sites (tertiary alicyclic amines) is 1. The van der Waals surface area contributed by atoms with Gasteiger partial charge in [-0.25, -0.2) is 9.37 Å². The number of piperidine rings is 1. The average Bonchev–Trinajstić information content (AvgIpc) is 3.53. The highest BCUT2D eigenvalue weighted by atomic mass is 32.1. The second kappa shape index (κ2) is 9.60. The maximum atomic E-state index is 14.2. The molecule has 2 fully saturated rings. The first-order valence-corrected chi connectivity index (χ1v) is 11.6. The number of nitrogens with one attached hydrogen (secondary N) is 1. The molecule has 4 rings (SSSR count). The van der Waals surface area contributed by atoms with Crippen molar-refractivity contribution < 1.29 is 18.8 Å². The minimum absolute atomic E-state index is 0.0376. The summed E-state index contributed by atoms with van der Waals surface area (Å²) in [4.78, 5) is 44.0. The summed E-state index contributed by atoms with van der Waals surface area (Å²) in [6.45, 7) is 2.70. The number of halogens is 1. The Balaban J connectivity index is 1.33. The number of para-hydroxylation sites is 1. The Kier molecular flexibility index (Phi) is 6.64. The van der Waals surface area contributed by atoms with Crippen LogP contribution in [-0.4, -0.2) is 46.7 Å². The Morgan fingerprint density at radius 2 is 1.91 bits per heavy atom. The monoisotopic (exact) mass is 456 g/mol. The molecule has 0 unspecified atom stereocenters. The van der Waals surface area contributed by atoms with Crippen LogP contribution in [0.4, 0.5) is 15.2 Å². The number of rotatable bonds is 6. The summed E-state index contributed by atoms with van der Waals surface area (Å²) in [6.07, 6.45) is 6.47. The maximum absolute atomic E-state index is 14.2. The van der Waals surface area contributed by atoms with Crippen LogP contribution in [0.1, 0.15) is 38.3 Å². The number of carbonyl (C=O) groups is 3. The molecule has 3 amide bonds. The molecule has 1 aliphatic carbocycles. The van der Waals surface area contributed by atoms with Gasteiger partial charge in [0.2, 0.25) is 17.7 Å². The van der Waals surface area contributed by atoms with Gasteiger partial charge in [0.25, 0.3) is 0 Å². The summed E-state index contributed by atoms with van der Waals surface area (Å²) >= 11 is 1.19. The largest absolute Gasteiger partial charge is 0.350 e. The molecule has 1 aliphatic heterocycles. The van der Waals surface area contributed by atoms with Gasteiger partial charge in [-0.15, -0.1) is 11.3 Å². The first kappa shape index (κ1) is 22.1. The van der Waals surface area contributed by atoms with Crippen LogP contribution in [0.2, 0.25) is 0 Å². The van der Waals surface area contributed by atoms with Gasteiger partial charge < -0.3 is 10.2 Å². The van der Waals surface area contributed by atoms with Gasteiger partial charge in [-0.2, -0.15) is 0 Å². The number of nitrogens with zero attached hydrogens (tertiary/aromatic N) is 3. The summed E-state index contributed by atoms with van der Waals surface area (Å²) in [6, 6.07) is 6.05. The Hall–Kier alpha value is -3.07. The predicted octanol–water partition coefficient (Wildman–Crippen LogP) is 3.50. The van der Waals surface area contributed by atoms with Crippen LogP contribution < -0.4 is 10.2 Å². The summed E-state index contributed by atoms with van der Waals surface area (Å²) in [5, 5.41) is 5.01. The van der Waals surface area contributed by atoms with E-state index in [0.717, 1.165) is 25.7 Å². The predicted molar refractivity (Wildman–Crippen MR) is 121 cm³/mol. The molecular formula is C23H25FN4O3S. The van der Waals surface area contributed by atoms with Crippen molar-refractivity contribution in [1.82, 2.24) is 15.2 Å². The van der Waals surface area contributed by atoms with E-state index in [2.05, 4.69) is 10.3 Å². The zero-order valence-electron chi connectivity index (χ0n) is 17.8. The van der Waals surface area contributed by atoms with E-state index in [-0.39, 0.29) is 35.4 Å². The topological polar surface area (TPSA) is 82.6 Å². The fourth-order valence-electron chi connectivity index (χ4n) is 3.74. The third-order valence-electron chi connectivity index (χ3n) is 5.59. The molecule has 9 heteroatoms. The van der Waals surface area contributed by atoms with Gasteiger partial charge in [-0.05, 0) is 43.9 Å². The minimum Gasteiger partial charge on any atom is -0.350 e. The van der Waals surface area contributed by atoms with Crippen LogP contribution in [0.3, 0.4) is 0 Å². The van der Waals surface area contributed by atoms with Gasteiger partial charge >= 0.3 is 0 Å². The lowest BCUT2D eigenvalue weighted by atomic mass is 10.0. The van der Waals surface area contributed by atoms with Crippen LogP contribution >= 0.6 is 11.3 Å². The quantitative estimate of drug-likeness (QED) is 0.675. The van der Waals surface area contributed by atoms with E-state index >= 15 is 0 Å². The molecule has 1 saturated heterocycles. The second-order valence-corrected chi connectivity index (χ2v) is 8.91. The highest BCUT2D eigenvalue weighted by molar-refractivity contribution is 7.14. The van der Waals surface area contributed by atoms with Crippen molar-refractivity contribution >= 4 is 46.0 Å². The van der Waals surface area contributed by atoms with Crippen molar-refractivity contribution in [1.29, 1.82) is 0 Å². The Morgan fingerprint density at radius 3 is 2.56 bits per heavy atom. The second-order valence-electron chi connectivity index (χ2n) is 8.08. The molecule has 2 aromatic rings. The van der Waals surface area contributed by atoms with Crippen molar-refractivity contribution in [3.8, 4) is 0 Å². The number of aromatic nitrogens is 1. The third kappa shape index (κ3) is 5.21. The normalized spacial score (nSPS) is 16.9. The first-order chi connectivity index (χ1) is 15.4. The summed E-state index contributed by atoms with van der Waals surface area (Å²) in [5.74, 6) is -0.624. The van der Waals surface area contributed by atoms with Gasteiger partial charge in [0, 0.05) is 43.4 Å². The van der Waals surface area contributed by atoms with Crippen LogP contribution in [0.15, 0.2) is 35.7 Å². The minimum atomic E-state index is -0.515. The van der Waals surface area contributed by atoms with E-state index in [1.807, 2.05) is 4.90 Å². The van der Waals surface area contributed by atoms with E-state index in [4.69, 9.17) is 0 Å². The van der Waals surface area contributed by atoms with E-state index in [9.17, 15) is 18.8 Å². The molecule has 7 nitrogen and oxygen atoms in total. The third-order valence-corrected chi connectivity index (χ3v) is 6.44. The smallest absolute Gasteiger partial charge is 0.244 e. The molecule has 0 spiro atoms. The molecule has 0 atom stereocenters. The Morgan fingerprint density at radius 1 is 1.19 bits per heavy atom. The van der Waals surface area contributed by atoms with E-state index in [1.165, 1.54) is 41.4 Å².